The minimum Gasteiger partial charge on any atom is -0.368 e. The molecule has 0 amide bonds. The Kier molecular flexibility index (Phi) is 5.96. The van der Waals surface area contributed by atoms with Gasteiger partial charge in [0, 0.05) is 51.2 Å². The van der Waals surface area contributed by atoms with E-state index >= 15 is 0 Å². The molecular formula is C19H25FN4O2S. The van der Waals surface area contributed by atoms with Crippen LogP contribution in [0.3, 0.4) is 0 Å². The molecule has 0 aliphatic carbocycles. The fourth-order valence-corrected chi connectivity index (χ4v) is 4.67. The summed E-state index contributed by atoms with van der Waals surface area (Å²) >= 11 is 0. The molecule has 1 aliphatic heterocycles. The number of sulfonamides is 1. The number of aromatic nitrogens is 1. The number of piperazine rings is 1. The van der Waals surface area contributed by atoms with Gasteiger partial charge in [-0.05, 0) is 36.4 Å². The predicted molar refractivity (Wildman–Crippen MR) is 105 cm³/mol. The number of pyridine rings is 1. The second-order valence-corrected chi connectivity index (χ2v) is 8.33. The van der Waals surface area contributed by atoms with Gasteiger partial charge >= 0.3 is 0 Å². The summed E-state index contributed by atoms with van der Waals surface area (Å²) in [6, 6.07) is 9.91. The minimum absolute atomic E-state index is 0.222. The molecule has 1 aromatic heterocycles. The Labute approximate surface area is 160 Å². The lowest BCUT2D eigenvalue weighted by molar-refractivity contribution is 0.445. The lowest BCUT2D eigenvalue weighted by Crippen LogP contribution is -2.46. The zero-order valence-electron chi connectivity index (χ0n) is 15.7. The van der Waals surface area contributed by atoms with E-state index in [9.17, 15) is 12.8 Å². The number of halogens is 1. The summed E-state index contributed by atoms with van der Waals surface area (Å²) in [5.41, 5.74) is 1.00. The van der Waals surface area contributed by atoms with Crippen molar-refractivity contribution < 1.29 is 12.8 Å². The molecule has 0 bridgehead atoms. The molecule has 0 radical (unpaired) electrons. The van der Waals surface area contributed by atoms with E-state index in [1.54, 1.807) is 24.3 Å². The smallest absolute Gasteiger partial charge is 0.244 e. The number of rotatable bonds is 6. The fourth-order valence-electron chi connectivity index (χ4n) is 3.27. The Morgan fingerprint density at radius 2 is 1.56 bits per heavy atom. The summed E-state index contributed by atoms with van der Waals surface area (Å²) < 4.78 is 39.6. The van der Waals surface area contributed by atoms with E-state index < -0.39 is 10.0 Å². The lowest BCUT2D eigenvalue weighted by atomic mass is 10.2. The van der Waals surface area contributed by atoms with E-state index in [-0.39, 0.29) is 10.7 Å². The van der Waals surface area contributed by atoms with Crippen molar-refractivity contribution in [3.8, 4) is 0 Å². The van der Waals surface area contributed by atoms with Crippen molar-refractivity contribution in [1.82, 2.24) is 9.29 Å². The van der Waals surface area contributed by atoms with Crippen LogP contribution in [0.1, 0.15) is 13.8 Å². The van der Waals surface area contributed by atoms with Crippen molar-refractivity contribution in [3.05, 3.63) is 48.4 Å². The summed E-state index contributed by atoms with van der Waals surface area (Å²) in [5, 5.41) is 0. The zero-order valence-corrected chi connectivity index (χ0v) is 16.5. The van der Waals surface area contributed by atoms with Crippen molar-refractivity contribution in [2.24, 2.45) is 0 Å². The normalized spacial score (nSPS) is 15.4. The summed E-state index contributed by atoms with van der Waals surface area (Å²) in [6.45, 7) is 7.66. The zero-order chi connectivity index (χ0) is 19.4. The maximum Gasteiger partial charge on any atom is 0.244 e. The van der Waals surface area contributed by atoms with Crippen LogP contribution in [0, 0.1) is 5.82 Å². The molecular weight excluding hydrogens is 367 g/mol. The molecule has 1 aliphatic rings. The van der Waals surface area contributed by atoms with Crippen LogP contribution in [-0.4, -0.2) is 57.0 Å². The average molecular weight is 393 g/mol. The molecule has 2 heterocycles. The number of hydrogen-bond acceptors (Lipinski definition) is 5. The first-order valence-corrected chi connectivity index (χ1v) is 10.6. The van der Waals surface area contributed by atoms with Gasteiger partial charge in [0.15, 0.2) is 0 Å². The van der Waals surface area contributed by atoms with Crippen LogP contribution in [0.25, 0.3) is 0 Å². The summed E-state index contributed by atoms with van der Waals surface area (Å²) in [5.74, 6) is 0.536. The van der Waals surface area contributed by atoms with Crippen molar-refractivity contribution >= 4 is 21.5 Å². The van der Waals surface area contributed by atoms with Crippen molar-refractivity contribution in [2.75, 3.05) is 49.1 Å². The fraction of sp³-hybridized carbons (Fsp3) is 0.421. The molecule has 0 spiro atoms. The first-order chi connectivity index (χ1) is 13.0. The second-order valence-electron chi connectivity index (χ2n) is 6.39. The minimum atomic E-state index is -3.48. The van der Waals surface area contributed by atoms with Gasteiger partial charge in [-0.15, -0.1) is 0 Å². The highest BCUT2D eigenvalue weighted by molar-refractivity contribution is 7.89. The summed E-state index contributed by atoms with van der Waals surface area (Å²) in [6.07, 6.45) is 1.44. The van der Waals surface area contributed by atoms with Crippen molar-refractivity contribution in [2.45, 2.75) is 18.7 Å². The van der Waals surface area contributed by atoms with Crippen molar-refractivity contribution in [1.29, 1.82) is 0 Å². The van der Waals surface area contributed by atoms with E-state index in [0.29, 0.717) is 13.1 Å². The number of hydrogen-bond donors (Lipinski definition) is 0. The van der Waals surface area contributed by atoms with Crippen LogP contribution in [-0.2, 0) is 10.0 Å². The van der Waals surface area contributed by atoms with Gasteiger partial charge in [0.05, 0.1) is 0 Å². The molecule has 0 unspecified atom stereocenters. The van der Waals surface area contributed by atoms with Gasteiger partial charge in [-0.3, -0.25) is 0 Å². The highest BCUT2D eigenvalue weighted by Gasteiger charge is 2.23. The number of nitrogens with zero attached hydrogens (tertiary/aromatic N) is 4. The molecule has 0 atom stereocenters. The Bertz CT molecular complexity index is 844. The third kappa shape index (κ3) is 4.22. The predicted octanol–water partition coefficient (Wildman–Crippen LogP) is 2.58. The summed E-state index contributed by atoms with van der Waals surface area (Å²) in [7, 11) is -3.48. The van der Waals surface area contributed by atoms with Gasteiger partial charge in [-0.25, -0.2) is 17.8 Å². The lowest BCUT2D eigenvalue weighted by Gasteiger charge is -2.36. The molecule has 3 rings (SSSR count). The van der Waals surface area contributed by atoms with Gasteiger partial charge in [0.2, 0.25) is 10.0 Å². The van der Waals surface area contributed by atoms with Gasteiger partial charge in [0.1, 0.15) is 16.5 Å². The monoisotopic (exact) mass is 392 g/mol. The maximum absolute atomic E-state index is 13.1. The molecule has 0 saturated carbocycles. The van der Waals surface area contributed by atoms with Gasteiger partial charge in [-0.2, -0.15) is 4.31 Å². The molecule has 2 aromatic rings. The van der Waals surface area contributed by atoms with Gasteiger partial charge < -0.3 is 9.80 Å². The standard InChI is InChI=1S/C19H25FN4O2S/c1-3-24(4-2)27(25,26)18-9-10-19(21-15-18)23-13-11-22(12-14-23)17-7-5-16(20)6-8-17/h5-10,15H,3-4,11-14H2,1-2H3. The topological polar surface area (TPSA) is 56.8 Å². The number of anilines is 2. The van der Waals surface area contributed by atoms with E-state index in [4.69, 9.17) is 0 Å². The summed E-state index contributed by atoms with van der Waals surface area (Å²) in [4.78, 5) is 8.94. The Balaban J connectivity index is 1.66. The Morgan fingerprint density at radius 3 is 2.07 bits per heavy atom. The molecule has 1 fully saturated rings. The van der Waals surface area contributed by atoms with Crippen LogP contribution in [0.4, 0.5) is 15.9 Å². The van der Waals surface area contributed by atoms with Gasteiger partial charge in [-0.1, -0.05) is 13.8 Å². The van der Waals surface area contributed by atoms with Crippen LogP contribution in [0.15, 0.2) is 47.5 Å². The number of benzene rings is 1. The molecule has 1 saturated heterocycles. The molecule has 8 heteroatoms. The molecule has 146 valence electrons. The SMILES string of the molecule is CCN(CC)S(=O)(=O)c1ccc(N2CCN(c3ccc(F)cc3)CC2)nc1. The van der Waals surface area contributed by atoms with E-state index in [1.165, 1.54) is 22.6 Å². The van der Waals surface area contributed by atoms with E-state index in [0.717, 1.165) is 37.7 Å². The molecule has 1 aromatic carbocycles. The third-order valence-corrected chi connectivity index (χ3v) is 6.89. The van der Waals surface area contributed by atoms with E-state index in [2.05, 4.69) is 14.8 Å². The van der Waals surface area contributed by atoms with Crippen molar-refractivity contribution in [3.63, 3.8) is 0 Å². The highest BCUT2D eigenvalue weighted by atomic mass is 32.2. The quantitative estimate of drug-likeness (QED) is 0.756. The maximum atomic E-state index is 13.1. The van der Waals surface area contributed by atoms with Crippen LogP contribution in [0.5, 0.6) is 0 Å². The van der Waals surface area contributed by atoms with Gasteiger partial charge in [0.25, 0.3) is 0 Å². The third-order valence-electron chi connectivity index (χ3n) is 4.86. The molecule has 27 heavy (non-hydrogen) atoms. The first kappa shape index (κ1) is 19.6. The second kappa shape index (κ2) is 8.22. The molecule has 6 nitrogen and oxygen atoms in total. The van der Waals surface area contributed by atoms with E-state index in [1.807, 2.05) is 13.8 Å². The van der Waals surface area contributed by atoms with Crippen LogP contribution < -0.4 is 9.80 Å². The molecule has 0 N–H and O–H groups in total. The Morgan fingerprint density at radius 1 is 0.963 bits per heavy atom. The average Bonchev–Trinajstić information content (AvgIpc) is 2.69. The largest absolute Gasteiger partial charge is 0.368 e. The Hall–Kier alpha value is -2.19. The van der Waals surface area contributed by atoms with Crippen LogP contribution >= 0.6 is 0 Å². The first-order valence-electron chi connectivity index (χ1n) is 9.17. The van der Waals surface area contributed by atoms with Crippen LogP contribution in [0.2, 0.25) is 0 Å². The highest BCUT2D eigenvalue weighted by Crippen LogP contribution is 2.21.